The first-order chi connectivity index (χ1) is 12.2. The van der Waals surface area contributed by atoms with Crippen molar-refractivity contribution in [1.82, 2.24) is 9.65 Å². The number of anilines is 1. The molecule has 2 aromatic heterocycles. The predicted molar refractivity (Wildman–Crippen MR) is 105 cm³/mol. The number of nitrogens with zero attached hydrogens (tertiary/aromatic N) is 2. The minimum absolute atomic E-state index is 0.284. The van der Waals surface area contributed by atoms with Crippen LogP contribution in [0.5, 0.6) is 0 Å². The Morgan fingerprint density at radius 2 is 2.12 bits per heavy atom. The number of aromatic nitrogens is 1. The molecule has 0 fully saturated rings. The predicted octanol–water partition coefficient (Wildman–Crippen LogP) is 3.17. The van der Waals surface area contributed by atoms with E-state index < -0.39 is 20.0 Å². The number of esters is 1. The molecule has 0 saturated heterocycles. The summed E-state index contributed by atoms with van der Waals surface area (Å²) in [6, 6.07) is 2.79. The number of hydrogen-bond donors (Lipinski definition) is 1. The van der Waals surface area contributed by atoms with Gasteiger partial charge in [-0.3, -0.25) is 4.79 Å². The lowest BCUT2D eigenvalue weighted by Crippen LogP contribution is -2.34. The topological polar surface area (TPSA) is 98.7 Å². The second-order valence-corrected chi connectivity index (χ2v) is 9.35. The van der Waals surface area contributed by atoms with Gasteiger partial charge in [0, 0.05) is 4.88 Å². The van der Waals surface area contributed by atoms with Gasteiger partial charge in [0.25, 0.3) is 0 Å². The monoisotopic (exact) mass is 399 g/mol. The van der Waals surface area contributed by atoms with E-state index in [9.17, 15) is 9.36 Å². The van der Waals surface area contributed by atoms with E-state index in [4.69, 9.17) is 14.9 Å². The molecule has 2 atom stereocenters. The van der Waals surface area contributed by atoms with Crippen molar-refractivity contribution in [2.24, 2.45) is 5.92 Å². The lowest BCUT2D eigenvalue weighted by molar-refractivity contribution is -0.146. The number of nitrogen functional groups attached to an aromatic ring is 1. The highest BCUT2D eigenvalue weighted by Crippen LogP contribution is 2.34. The third-order valence-electron chi connectivity index (χ3n) is 3.89. The van der Waals surface area contributed by atoms with Gasteiger partial charge in [-0.1, -0.05) is 13.8 Å². The Hall–Kier alpha value is -1.63. The molecular formula is C17H26N3O4PS. The van der Waals surface area contributed by atoms with Gasteiger partial charge < -0.3 is 19.5 Å². The summed E-state index contributed by atoms with van der Waals surface area (Å²) in [6.07, 6.45) is 0.842. The van der Waals surface area contributed by atoms with Gasteiger partial charge in [-0.05, 0) is 45.4 Å². The molecule has 0 aliphatic heterocycles. The highest BCUT2D eigenvalue weighted by atomic mass is 32.1. The molecular weight excluding hydrogens is 373 g/mol. The van der Waals surface area contributed by atoms with E-state index in [-0.39, 0.29) is 6.61 Å². The first-order valence-electron chi connectivity index (χ1n) is 8.53. The van der Waals surface area contributed by atoms with E-state index in [1.165, 1.54) is 16.0 Å². The van der Waals surface area contributed by atoms with Gasteiger partial charge in [-0.25, -0.2) is 9.65 Å². The highest BCUT2D eigenvalue weighted by Gasteiger charge is 2.26. The molecule has 2 N–H and O–H groups in total. The van der Waals surface area contributed by atoms with Crippen LogP contribution in [0.4, 0.5) is 5.13 Å². The van der Waals surface area contributed by atoms with Crippen LogP contribution < -0.4 is 11.2 Å². The van der Waals surface area contributed by atoms with Gasteiger partial charge in [0.05, 0.1) is 6.61 Å². The summed E-state index contributed by atoms with van der Waals surface area (Å²) in [5.41, 5.74) is 6.88. The fourth-order valence-corrected chi connectivity index (χ4v) is 4.70. The van der Waals surface area contributed by atoms with Crippen molar-refractivity contribution in [3.05, 3.63) is 17.0 Å². The molecule has 9 heteroatoms. The number of thiazole rings is 1. The molecule has 2 heterocycles. The first kappa shape index (κ1) is 20.7. The number of carbonyl (C=O) groups excluding carboxylic acids is 1. The lowest BCUT2D eigenvalue weighted by Gasteiger charge is -2.21. The Labute approximate surface area is 158 Å². The fraction of sp³-hybridized carbons (Fsp3) is 0.529. The summed E-state index contributed by atoms with van der Waals surface area (Å²) in [6.45, 7) is 7.93. The van der Waals surface area contributed by atoms with Crippen molar-refractivity contribution in [2.45, 2.75) is 40.2 Å². The molecule has 0 aliphatic rings. The summed E-state index contributed by atoms with van der Waals surface area (Å²) >= 11 is 1.44. The molecule has 2 aromatic rings. The number of rotatable bonds is 8. The van der Waals surface area contributed by atoms with E-state index in [0.717, 1.165) is 11.3 Å². The van der Waals surface area contributed by atoms with E-state index >= 15 is 0 Å². The van der Waals surface area contributed by atoms with E-state index in [1.54, 1.807) is 33.0 Å². The van der Waals surface area contributed by atoms with Crippen molar-refractivity contribution in [2.75, 3.05) is 19.4 Å². The number of nitrogens with two attached hydrogens (primary N) is 1. The van der Waals surface area contributed by atoms with E-state index in [2.05, 4.69) is 18.8 Å². The average molecular weight is 399 g/mol. The van der Waals surface area contributed by atoms with Gasteiger partial charge in [-0.2, -0.15) is 0 Å². The Bertz CT molecular complexity index is 787. The van der Waals surface area contributed by atoms with Crippen LogP contribution in [0.15, 0.2) is 16.5 Å². The van der Waals surface area contributed by atoms with Crippen LogP contribution in [0, 0.1) is 5.92 Å². The Kier molecular flexibility index (Phi) is 7.03. The molecule has 2 rings (SSSR count). The van der Waals surface area contributed by atoms with Gasteiger partial charge >= 0.3 is 5.97 Å². The summed E-state index contributed by atoms with van der Waals surface area (Å²) < 4.78 is 25.0. The van der Waals surface area contributed by atoms with Gasteiger partial charge in [0.15, 0.2) is 16.4 Å². The van der Waals surface area contributed by atoms with Crippen molar-refractivity contribution in [1.29, 1.82) is 0 Å². The van der Waals surface area contributed by atoms with Crippen LogP contribution in [-0.4, -0.2) is 35.3 Å². The normalized spacial score (nSPS) is 14.0. The molecule has 26 heavy (non-hydrogen) atoms. The zero-order chi connectivity index (χ0) is 19.4. The van der Waals surface area contributed by atoms with E-state index in [0.29, 0.717) is 28.0 Å². The van der Waals surface area contributed by atoms with Gasteiger partial charge in [-0.15, -0.1) is 11.3 Å². The third kappa shape index (κ3) is 4.75. The SMILES string of the molecule is CCOC(=O)C(C)N(C)[PH](=O)c1ccc(-c2nc(N)sc2CC(C)C)o1. The van der Waals surface area contributed by atoms with E-state index in [1.807, 2.05) is 0 Å². The Morgan fingerprint density at radius 3 is 2.73 bits per heavy atom. The van der Waals surface area contributed by atoms with Crippen LogP contribution in [0.3, 0.4) is 0 Å². The first-order valence-corrected chi connectivity index (χ1v) is 10.7. The minimum Gasteiger partial charge on any atom is -0.465 e. The lowest BCUT2D eigenvalue weighted by atomic mass is 10.1. The fourth-order valence-electron chi connectivity index (χ4n) is 2.42. The van der Waals surface area contributed by atoms with Crippen LogP contribution in [0.2, 0.25) is 0 Å². The van der Waals surface area contributed by atoms with Crippen LogP contribution in [0.1, 0.15) is 32.6 Å². The van der Waals surface area contributed by atoms with Gasteiger partial charge in [0.2, 0.25) is 7.95 Å². The second kappa shape index (κ2) is 8.84. The number of likely N-dealkylation sites (N-methyl/N-ethyl adjacent to an activating group) is 1. The second-order valence-electron chi connectivity index (χ2n) is 6.43. The number of ether oxygens (including phenoxy) is 1. The maximum atomic E-state index is 12.8. The number of furan rings is 1. The molecule has 0 saturated carbocycles. The summed E-state index contributed by atoms with van der Waals surface area (Å²) in [7, 11) is -0.840. The summed E-state index contributed by atoms with van der Waals surface area (Å²) in [5.74, 6) is 0.587. The third-order valence-corrected chi connectivity index (χ3v) is 6.51. The van der Waals surface area contributed by atoms with Crippen molar-refractivity contribution >= 4 is 35.9 Å². The maximum absolute atomic E-state index is 12.8. The number of hydrogen-bond acceptors (Lipinski definition) is 7. The summed E-state index contributed by atoms with van der Waals surface area (Å²) in [4.78, 5) is 17.3. The quantitative estimate of drug-likeness (QED) is 0.538. The highest BCUT2D eigenvalue weighted by molar-refractivity contribution is 7.50. The average Bonchev–Trinajstić information content (AvgIpc) is 3.19. The van der Waals surface area contributed by atoms with Crippen LogP contribution in [0.25, 0.3) is 11.5 Å². The zero-order valence-corrected chi connectivity index (χ0v) is 17.6. The molecule has 0 aliphatic carbocycles. The zero-order valence-electron chi connectivity index (χ0n) is 15.7. The van der Waals surface area contributed by atoms with Crippen LogP contribution >= 0.6 is 19.3 Å². The van der Waals surface area contributed by atoms with Crippen molar-refractivity contribution in [3.8, 4) is 11.5 Å². The van der Waals surface area contributed by atoms with Crippen molar-refractivity contribution in [3.63, 3.8) is 0 Å². The van der Waals surface area contributed by atoms with Crippen LogP contribution in [-0.2, 0) is 20.5 Å². The minimum atomic E-state index is -2.46. The molecule has 0 aromatic carbocycles. The molecule has 144 valence electrons. The smallest absolute Gasteiger partial charge is 0.323 e. The maximum Gasteiger partial charge on any atom is 0.323 e. The molecule has 0 spiro atoms. The molecule has 2 unspecified atom stereocenters. The molecule has 0 amide bonds. The Morgan fingerprint density at radius 1 is 1.42 bits per heavy atom. The summed E-state index contributed by atoms with van der Waals surface area (Å²) in [5, 5.41) is 0.481. The van der Waals surface area contributed by atoms with Gasteiger partial charge in [0.1, 0.15) is 11.7 Å². The number of carbonyl (C=O) groups is 1. The molecule has 7 nitrogen and oxygen atoms in total. The molecule has 0 radical (unpaired) electrons. The largest absolute Gasteiger partial charge is 0.465 e. The van der Waals surface area contributed by atoms with Crippen molar-refractivity contribution < 1.29 is 18.5 Å². The Balaban J connectivity index is 2.22. The molecule has 0 bridgehead atoms. The standard InChI is InChI=1S/C17H26N3O4PS/c1-6-23-16(21)11(4)20(5)25(22)14-8-7-12(24-14)15-13(9-10(2)3)26-17(18)19-15/h7-8,10-11,25H,6,9H2,1-5H3,(H2,18,19).